The quantitative estimate of drug-likeness (QED) is 0.752. The molecule has 2 heterocycles. The predicted molar refractivity (Wildman–Crippen MR) is 90.4 cm³/mol. The van der Waals surface area contributed by atoms with Crippen molar-refractivity contribution in [3.63, 3.8) is 0 Å². The Kier molecular flexibility index (Phi) is 4.04. The lowest BCUT2D eigenvalue weighted by Gasteiger charge is -2.08. The van der Waals surface area contributed by atoms with Gasteiger partial charge >= 0.3 is 5.97 Å². The van der Waals surface area contributed by atoms with Crippen LogP contribution in [0.2, 0.25) is 0 Å². The van der Waals surface area contributed by atoms with Crippen molar-refractivity contribution in [2.45, 2.75) is 13.8 Å². The highest BCUT2D eigenvalue weighted by atomic mass is 16.5. The summed E-state index contributed by atoms with van der Waals surface area (Å²) in [5.41, 5.74) is 3.75. The first kappa shape index (κ1) is 15.7. The van der Waals surface area contributed by atoms with Crippen molar-refractivity contribution in [3.8, 4) is 0 Å². The van der Waals surface area contributed by atoms with Crippen LogP contribution in [0.5, 0.6) is 0 Å². The monoisotopic (exact) mass is 323 g/mol. The number of nitrogens with one attached hydrogen (secondary N) is 1. The number of pyridine rings is 1. The molecule has 1 amide bonds. The summed E-state index contributed by atoms with van der Waals surface area (Å²) in [5, 5.41) is 2.81. The zero-order chi connectivity index (χ0) is 17.3. The van der Waals surface area contributed by atoms with Crippen LogP contribution in [0, 0.1) is 13.8 Å². The third-order valence-corrected chi connectivity index (χ3v) is 3.70. The maximum absolute atomic E-state index is 12.7. The van der Waals surface area contributed by atoms with Crippen LogP contribution in [0.25, 0.3) is 5.65 Å². The van der Waals surface area contributed by atoms with Crippen LogP contribution in [-0.4, -0.2) is 28.4 Å². The number of carbonyl (C=O) groups is 2. The highest BCUT2D eigenvalue weighted by Gasteiger charge is 2.17. The van der Waals surface area contributed by atoms with Crippen LogP contribution in [0.3, 0.4) is 0 Å². The van der Waals surface area contributed by atoms with E-state index in [2.05, 4.69) is 10.3 Å². The first-order valence-electron chi connectivity index (χ1n) is 7.44. The predicted octanol–water partition coefficient (Wildman–Crippen LogP) is 2.99. The first-order valence-corrected chi connectivity index (χ1v) is 7.44. The van der Waals surface area contributed by atoms with E-state index < -0.39 is 5.97 Å². The number of imidazole rings is 1. The fourth-order valence-electron chi connectivity index (χ4n) is 2.57. The van der Waals surface area contributed by atoms with Crippen LogP contribution in [0.15, 0.2) is 42.6 Å². The van der Waals surface area contributed by atoms with Gasteiger partial charge in [0.05, 0.1) is 18.4 Å². The lowest BCUT2D eigenvalue weighted by atomic mass is 10.2. The first-order chi connectivity index (χ1) is 11.5. The average Bonchev–Trinajstić information content (AvgIpc) is 2.89. The lowest BCUT2D eigenvalue weighted by molar-refractivity contribution is 0.0600. The minimum absolute atomic E-state index is 0.285. The number of anilines is 1. The van der Waals surface area contributed by atoms with Gasteiger partial charge in [-0.3, -0.25) is 9.20 Å². The molecule has 0 bridgehead atoms. The Balaban J connectivity index is 1.95. The van der Waals surface area contributed by atoms with Crippen LogP contribution in [0.1, 0.15) is 32.1 Å². The Morgan fingerprint density at radius 2 is 1.96 bits per heavy atom. The maximum Gasteiger partial charge on any atom is 0.337 e. The molecule has 0 fully saturated rings. The van der Waals surface area contributed by atoms with Gasteiger partial charge in [-0.1, -0.05) is 12.1 Å². The summed E-state index contributed by atoms with van der Waals surface area (Å²) in [6.07, 6.45) is 1.87. The van der Waals surface area contributed by atoms with Crippen molar-refractivity contribution in [2.75, 3.05) is 12.4 Å². The van der Waals surface area contributed by atoms with Crippen LogP contribution in [-0.2, 0) is 4.74 Å². The van der Waals surface area contributed by atoms with E-state index in [1.807, 2.05) is 25.3 Å². The van der Waals surface area contributed by atoms with Crippen molar-refractivity contribution < 1.29 is 14.3 Å². The highest BCUT2D eigenvalue weighted by molar-refractivity contribution is 6.05. The number of hydrogen-bond acceptors (Lipinski definition) is 4. The molecule has 0 aliphatic heterocycles. The second kappa shape index (κ2) is 6.16. The van der Waals surface area contributed by atoms with E-state index in [1.54, 1.807) is 35.6 Å². The number of methoxy groups -OCH3 is 1. The Morgan fingerprint density at radius 3 is 2.71 bits per heavy atom. The molecule has 0 aliphatic rings. The molecule has 6 nitrogen and oxygen atoms in total. The minimum Gasteiger partial charge on any atom is -0.465 e. The number of fused-ring (bicyclic) bond motifs is 1. The Labute approximate surface area is 139 Å². The molecule has 1 aromatic carbocycles. The van der Waals surface area contributed by atoms with E-state index in [1.165, 1.54) is 7.11 Å². The largest absolute Gasteiger partial charge is 0.465 e. The summed E-state index contributed by atoms with van der Waals surface area (Å²) in [6.45, 7) is 3.75. The van der Waals surface area contributed by atoms with Crippen LogP contribution >= 0.6 is 0 Å². The molecule has 3 aromatic rings. The van der Waals surface area contributed by atoms with Gasteiger partial charge < -0.3 is 10.1 Å². The van der Waals surface area contributed by atoms with Crippen molar-refractivity contribution in [1.29, 1.82) is 0 Å². The van der Waals surface area contributed by atoms with Crippen molar-refractivity contribution in [1.82, 2.24) is 9.38 Å². The molecule has 0 radical (unpaired) electrons. The van der Waals surface area contributed by atoms with E-state index in [0.717, 1.165) is 5.56 Å². The summed E-state index contributed by atoms with van der Waals surface area (Å²) in [7, 11) is 1.32. The van der Waals surface area contributed by atoms with E-state index >= 15 is 0 Å². The minimum atomic E-state index is -0.451. The molecular weight excluding hydrogens is 306 g/mol. The fourth-order valence-corrected chi connectivity index (χ4v) is 2.57. The fraction of sp³-hybridized carbons (Fsp3) is 0.167. The zero-order valence-electron chi connectivity index (χ0n) is 13.7. The van der Waals surface area contributed by atoms with Crippen LogP contribution in [0.4, 0.5) is 5.69 Å². The number of esters is 1. The molecule has 0 spiro atoms. The summed E-state index contributed by atoms with van der Waals surface area (Å²) < 4.78 is 6.46. The number of amides is 1. The molecule has 2 aromatic heterocycles. The molecule has 6 heteroatoms. The molecule has 0 saturated heterocycles. The third kappa shape index (κ3) is 2.86. The lowest BCUT2D eigenvalue weighted by Crippen LogP contribution is -2.16. The van der Waals surface area contributed by atoms with Crippen LogP contribution < -0.4 is 5.32 Å². The summed E-state index contributed by atoms with van der Waals surface area (Å²) in [4.78, 5) is 28.7. The SMILES string of the molecule is COC(=O)c1cccc(NC(=O)c2c(C)nc3ccc(C)cn23)c1. The van der Waals surface area contributed by atoms with Gasteiger partial charge in [-0.2, -0.15) is 0 Å². The van der Waals surface area contributed by atoms with Gasteiger partial charge in [0.15, 0.2) is 0 Å². The second-order valence-electron chi connectivity index (χ2n) is 5.51. The van der Waals surface area contributed by atoms with Gasteiger partial charge in [0.2, 0.25) is 0 Å². The number of hydrogen-bond donors (Lipinski definition) is 1. The number of ether oxygens (including phenoxy) is 1. The molecular formula is C18H17N3O3. The van der Waals surface area contributed by atoms with E-state index in [9.17, 15) is 9.59 Å². The molecule has 1 N–H and O–H groups in total. The smallest absolute Gasteiger partial charge is 0.337 e. The Morgan fingerprint density at radius 1 is 1.17 bits per heavy atom. The summed E-state index contributed by atoms with van der Waals surface area (Å²) in [6, 6.07) is 10.4. The number of aryl methyl sites for hydroxylation is 2. The van der Waals surface area contributed by atoms with Crippen molar-refractivity contribution in [3.05, 3.63) is 65.1 Å². The summed E-state index contributed by atoms with van der Waals surface area (Å²) >= 11 is 0. The molecule has 3 rings (SSSR count). The van der Waals surface area contributed by atoms with Crippen molar-refractivity contribution >= 4 is 23.2 Å². The Hall–Kier alpha value is -3.15. The van der Waals surface area contributed by atoms with Crippen molar-refractivity contribution in [2.24, 2.45) is 0 Å². The maximum atomic E-state index is 12.7. The number of benzene rings is 1. The van der Waals surface area contributed by atoms with Gasteiger partial charge in [-0.15, -0.1) is 0 Å². The molecule has 122 valence electrons. The van der Waals surface area contributed by atoms with Gasteiger partial charge in [0.1, 0.15) is 11.3 Å². The summed E-state index contributed by atoms with van der Waals surface area (Å²) in [5.74, 6) is -0.736. The normalized spacial score (nSPS) is 10.6. The zero-order valence-corrected chi connectivity index (χ0v) is 13.7. The molecule has 24 heavy (non-hydrogen) atoms. The topological polar surface area (TPSA) is 72.7 Å². The van der Waals surface area contributed by atoms with Gasteiger partial charge in [-0.05, 0) is 43.7 Å². The number of carbonyl (C=O) groups excluding carboxylic acids is 2. The third-order valence-electron chi connectivity index (χ3n) is 3.70. The van der Waals surface area contributed by atoms with Gasteiger partial charge in [-0.25, -0.2) is 9.78 Å². The second-order valence-corrected chi connectivity index (χ2v) is 5.51. The highest BCUT2D eigenvalue weighted by Crippen LogP contribution is 2.17. The standard InChI is InChI=1S/C18H17N3O3/c1-11-7-8-15-19-12(2)16(21(15)10-11)17(22)20-14-6-4-5-13(9-14)18(23)24-3/h4-10H,1-3H3,(H,20,22). The number of aromatic nitrogens is 2. The van der Waals surface area contributed by atoms with E-state index in [-0.39, 0.29) is 5.91 Å². The van der Waals surface area contributed by atoms with Gasteiger partial charge in [0.25, 0.3) is 5.91 Å². The number of rotatable bonds is 3. The molecule has 0 saturated carbocycles. The van der Waals surface area contributed by atoms with E-state index in [0.29, 0.717) is 28.3 Å². The van der Waals surface area contributed by atoms with E-state index in [4.69, 9.17) is 4.74 Å². The Bertz CT molecular complexity index is 944. The number of nitrogens with zero attached hydrogens (tertiary/aromatic N) is 2. The molecule has 0 atom stereocenters. The average molecular weight is 323 g/mol. The molecule has 0 unspecified atom stereocenters. The van der Waals surface area contributed by atoms with Gasteiger partial charge in [0, 0.05) is 11.9 Å². The molecule has 0 aliphatic carbocycles.